The highest BCUT2D eigenvalue weighted by Crippen LogP contribution is 2.43. The first-order valence-corrected chi connectivity index (χ1v) is 29.3. The second kappa shape index (κ2) is 53.4. The largest absolute Gasteiger partial charge is 0.472 e. The van der Waals surface area contributed by atoms with Crippen molar-refractivity contribution in [2.45, 2.75) is 226 Å². The number of ether oxygens (including phenoxy) is 3. The molecule has 72 heavy (non-hydrogen) atoms. The van der Waals surface area contributed by atoms with Crippen LogP contribution in [-0.2, 0) is 42.2 Å². The molecule has 0 bridgehead atoms. The number of esters is 3. The number of carbonyl (C=O) groups excluding carboxylic acids is 3. The zero-order valence-electron chi connectivity index (χ0n) is 45.1. The van der Waals surface area contributed by atoms with Crippen LogP contribution in [0.5, 0.6) is 0 Å². The third-order valence-electron chi connectivity index (χ3n) is 11.2. The molecule has 0 rings (SSSR count). The average Bonchev–Trinajstić information content (AvgIpc) is 3.37. The minimum atomic E-state index is -4.77. The number of rotatable bonds is 50. The summed E-state index contributed by atoms with van der Waals surface area (Å²) in [4.78, 5) is 48.4. The quantitative estimate of drug-likeness (QED) is 0.0197. The molecule has 0 aliphatic carbocycles. The number of aliphatic hydroxyl groups excluding tert-OH is 1. The van der Waals surface area contributed by atoms with E-state index in [0.29, 0.717) is 19.3 Å². The van der Waals surface area contributed by atoms with E-state index in [1.54, 1.807) is 0 Å². The first-order chi connectivity index (χ1) is 35.2. The molecule has 0 aliphatic heterocycles. The van der Waals surface area contributed by atoms with Crippen LogP contribution >= 0.6 is 7.82 Å². The molecule has 0 saturated heterocycles. The normalized spacial score (nSPS) is 14.2. The van der Waals surface area contributed by atoms with Crippen LogP contribution in [0.3, 0.4) is 0 Å². The molecule has 3 unspecified atom stereocenters. The fraction of sp³-hybridized carbons (Fsp3) is 0.650. The molecule has 0 saturated carbocycles. The summed E-state index contributed by atoms with van der Waals surface area (Å²) < 4.78 is 39.3. The minimum absolute atomic E-state index is 0.0498. The van der Waals surface area contributed by atoms with Crippen LogP contribution in [0.15, 0.2) is 109 Å². The Morgan fingerprint density at radius 1 is 0.403 bits per heavy atom. The SMILES string of the molecule is CC/C=C\C/C=C\C/C=C\C/C=C\CCCCCCCCC(=O)OC(COC(=O)CCCCCCC/C=C\CCCCCC)COP(=O)(O)OCC(CO)OC(=O)CC/C=C\C/C=C\C/C=C\C/C=C\CC. The van der Waals surface area contributed by atoms with Crippen molar-refractivity contribution in [2.24, 2.45) is 0 Å². The van der Waals surface area contributed by atoms with E-state index < -0.39 is 57.8 Å². The van der Waals surface area contributed by atoms with Crippen molar-refractivity contribution < 1.29 is 52.2 Å². The molecule has 410 valence electrons. The molecule has 3 atom stereocenters. The minimum Gasteiger partial charge on any atom is -0.462 e. The van der Waals surface area contributed by atoms with E-state index in [9.17, 15) is 28.9 Å². The van der Waals surface area contributed by atoms with Gasteiger partial charge in [0.05, 0.1) is 19.8 Å². The third kappa shape index (κ3) is 51.1. The molecule has 0 aromatic heterocycles. The number of hydrogen-bond acceptors (Lipinski definition) is 10. The Balaban J connectivity index is 4.83. The van der Waals surface area contributed by atoms with Crippen LogP contribution in [0.2, 0.25) is 0 Å². The van der Waals surface area contributed by atoms with Crippen molar-refractivity contribution in [3.05, 3.63) is 109 Å². The van der Waals surface area contributed by atoms with Gasteiger partial charge in [-0.15, -0.1) is 0 Å². The van der Waals surface area contributed by atoms with Crippen molar-refractivity contribution in [1.82, 2.24) is 0 Å². The van der Waals surface area contributed by atoms with Crippen LogP contribution in [0.1, 0.15) is 213 Å². The van der Waals surface area contributed by atoms with E-state index in [1.807, 2.05) is 18.2 Å². The second-order valence-corrected chi connectivity index (χ2v) is 19.4. The Labute approximate surface area is 437 Å². The Bertz CT molecular complexity index is 1620. The summed E-state index contributed by atoms with van der Waals surface area (Å²) in [7, 11) is -4.77. The molecule has 11 nitrogen and oxygen atoms in total. The van der Waals surface area contributed by atoms with Crippen LogP contribution in [0, 0.1) is 0 Å². The summed E-state index contributed by atoms with van der Waals surface area (Å²) >= 11 is 0. The lowest BCUT2D eigenvalue weighted by molar-refractivity contribution is -0.161. The molecule has 0 aromatic rings. The zero-order chi connectivity index (χ0) is 52.7. The van der Waals surface area contributed by atoms with Gasteiger partial charge in [0.2, 0.25) is 0 Å². The number of unbranched alkanes of at least 4 members (excludes halogenated alkanes) is 15. The van der Waals surface area contributed by atoms with Gasteiger partial charge in [0, 0.05) is 19.3 Å². The van der Waals surface area contributed by atoms with Gasteiger partial charge in [-0.2, -0.15) is 0 Å². The van der Waals surface area contributed by atoms with Gasteiger partial charge in [0.25, 0.3) is 0 Å². The maximum Gasteiger partial charge on any atom is 0.472 e. The standard InChI is InChI=1S/C60H99O11P/c1-4-7-10-13-16-19-22-25-26-27-28-29-30-33-36-39-42-45-48-51-60(64)71-57(53-67-58(62)49-46-43-40-37-34-31-23-20-17-14-11-8-5-2)55-69-72(65,66)68-54-56(52-61)70-59(63)50-47-44-41-38-35-32-24-21-18-15-12-9-6-3/h7,9-10,12,16,18-21,23,25-26,28-29,32,35,41,44,56-57,61H,4-6,8,11,13-15,17,22,24,27,30-31,33-34,36-40,42-43,45-55H2,1-3H3,(H,65,66)/b10-7-,12-9-,19-16-,21-18-,23-20-,26-25-,29-28-,35-32-,44-41-. The highest BCUT2D eigenvalue weighted by Gasteiger charge is 2.28. The smallest absolute Gasteiger partial charge is 0.462 e. The molecule has 0 heterocycles. The second-order valence-electron chi connectivity index (χ2n) is 18.0. The Hall–Kier alpha value is -3.86. The summed E-state index contributed by atoms with van der Waals surface area (Å²) in [6.45, 7) is 4.27. The molecule has 0 fully saturated rings. The fourth-order valence-electron chi connectivity index (χ4n) is 7.00. The first-order valence-electron chi connectivity index (χ1n) is 27.8. The first kappa shape index (κ1) is 68.1. The summed E-state index contributed by atoms with van der Waals surface area (Å²) in [6.07, 6.45) is 63.5. The number of carbonyl (C=O) groups is 3. The summed E-state index contributed by atoms with van der Waals surface area (Å²) in [6, 6.07) is 0. The lowest BCUT2D eigenvalue weighted by Gasteiger charge is -2.21. The number of allylic oxidation sites excluding steroid dienone is 18. The molecule has 2 N–H and O–H groups in total. The summed E-state index contributed by atoms with van der Waals surface area (Å²) in [5.41, 5.74) is 0. The van der Waals surface area contributed by atoms with E-state index >= 15 is 0 Å². The van der Waals surface area contributed by atoms with E-state index in [4.69, 9.17) is 23.3 Å². The van der Waals surface area contributed by atoms with Gasteiger partial charge < -0.3 is 24.2 Å². The summed E-state index contributed by atoms with van der Waals surface area (Å²) in [5.74, 6) is -1.59. The number of phosphoric acid groups is 1. The predicted molar refractivity (Wildman–Crippen MR) is 297 cm³/mol. The highest BCUT2D eigenvalue weighted by molar-refractivity contribution is 7.47. The molecule has 0 radical (unpaired) electrons. The van der Waals surface area contributed by atoms with Gasteiger partial charge in [-0.3, -0.25) is 23.4 Å². The van der Waals surface area contributed by atoms with E-state index in [-0.39, 0.29) is 25.9 Å². The Morgan fingerprint density at radius 3 is 1.21 bits per heavy atom. The van der Waals surface area contributed by atoms with Crippen LogP contribution in [0.4, 0.5) is 0 Å². The topological polar surface area (TPSA) is 155 Å². The average molecular weight is 1030 g/mol. The fourth-order valence-corrected chi connectivity index (χ4v) is 7.79. The molecule has 0 amide bonds. The van der Waals surface area contributed by atoms with Crippen molar-refractivity contribution >= 4 is 25.7 Å². The molecule has 0 aromatic carbocycles. The van der Waals surface area contributed by atoms with E-state index in [2.05, 4.69) is 112 Å². The van der Waals surface area contributed by atoms with Gasteiger partial charge in [0.15, 0.2) is 6.10 Å². The maximum absolute atomic E-state index is 12.9. The van der Waals surface area contributed by atoms with Gasteiger partial charge >= 0.3 is 25.7 Å². The van der Waals surface area contributed by atoms with Gasteiger partial charge in [-0.1, -0.05) is 194 Å². The van der Waals surface area contributed by atoms with Crippen molar-refractivity contribution in [2.75, 3.05) is 26.4 Å². The highest BCUT2D eigenvalue weighted by atomic mass is 31.2. The Kier molecular flexibility index (Phi) is 50.6. The number of aliphatic hydroxyl groups is 1. The van der Waals surface area contributed by atoms with Crippen LogP contribution in [0.25, 0.3) is 0 Å². The molecule has 0 aliphatic rings. The predicted octanol–water partition coefficient (Wildman–Crippen LogP) is 16.2. The number of hydrogen-bond donors (Lipinski definition) is 2. The molecular formula is C60H99O11P. The lowest BCUT2D eigenvalue weighted by atomic mass is 10.1. The van der Waals surface area contributed by atoms with Crippen LogP contribution in [-0.4, -0.2) is 66.5 Å². The lowest BCUT2D eigenvalue weighted by Crippen LogP contribution is -2.30. The molecule has 0 spiro atoms. The van der Waals surface area contributed by atoms with Gasteiger partial charge in [0.1, 0.15) is 12.7 Å². The van der Waals surface area contributed by atoms with Crippen LogP contribution < -0.4 is 0 Å². The zero-order valence-corrected chi connectivity index (χ0v) is 46.0. The van der Waals surface area contributed by atoms with E-state index in [1.165, 1.54) is 25.7 Å². The molecule has 12 heteroatoms. The van der Waals surface area contributed by atoms with Gasteiger partial charge in [-0.05, 0) is 109 Å². The maximum atomic E-state index is 12.9. The molecular weight excluding hydrogens is 928 g/mol. The summed E-state index contributed by atoms with van der Waals surface area (Å²) in [5, 5.41) is 9.78. The van der Waals surface area contributed by atoms with Crippen molar-refractivity contribution in [3.63, 3.8) is 0 Å². The van der Waals surface area contributed by atoms with Gasteiger partial charge in [-0.25, -0.2) is 4.57 Å². The van der Waals surface area contributed by atoms with Crippen molar-refractivity contribution in [3.8, 4) is 0 Å². The number of phosphoric ester groups is 1. The monoisotopic (exact) mass is 1030 g/mol. The Morgan fingerprint density at radius 2 is 0.750 bits per heavy atom. The van der Waals surface area contributed by atoms with E-state index in [0.717, 1.165) is 128 Å². The van der Waals surface area contributed by atoms with Crippen molar-refractivity contribution in [1.29, 1.82) is 0 Å². The third-order valence-corrected chi connectivity index (χ3v) is 12.1.